The molecule has 1 fully saturated rings. The summed E-state index contributed by atoms with van der Waals surface area (Å²) in [6.07, 6.45) is 1.66. The second-order valence-corrected chi connectivity index (χ2v) is 16.7. The molecule has 1 unspecified atom stereocenters. The molecule has 1 N–H and O–H groups in total. The van der Waals surface area contributed by atoms with Crippen molar-refractivity contribution in [3.8, 4) is 11.5 Å². The molecule has 1 atom stereocenters. The number of methoxy groups -OCH3 is 1. The molecule has 6 nitrogen and oxygen atoms in total. The Morgan fingerprint density at radius 2 is 1.59 bits per heavy atom. The van der Waals surface area contributed by atoms with Gasteiger partial charge in [0.05, 0.1) is 18.8 Å². The minimum Gasteiger partial charge on any atom is -0.543 e. The van der Waals surface area contributed by atoms with Gasteiger partial charge >= 0.3 is 0 Å². The van der Waals surface area contributed by atoms with Gasteiger partial charge in [0.2, 0.25) is 0 Å². The fourth-order valence-corrected chi connectivity index (χ4v) is 11.5. The summed E-state index contributed by atoms with van der Waals surface area (Å²) in [5, 5.41) is 11.2. The highest BCUT2D eigenvalue weighted by Gasteiger charge is 2.47. The highest BCUT2D eigenvalue weighted by molar-refractivity contribution is 6.78. The maximum atomic E-state index is 14.2. The van der Waals surface area contributed by atoms with Gasteiger partial charge in [-0.15, -0.1) is 0 Å². The van der Waals surface area contributed by atoms with Gasteiger partial charge in [-0.05, 0) is 65.7 Å². The van der Waals surface area contributed by atoms with Crippen LogP contribution in [0.4, 0.5) is 4.39 Å². The zero-order valence-corrected chi connectivity index (χ0v) is 24.5. The van der Waals surface area contributed by atoms with E-state index in [4.69, 9.17) is 9.16 Å². The lowest BCUT2D eigenvalue weighted by atomic mass is 9.86. The number of carbonyl (C=O) groups is 1. The Labute approximate surface area is 222 Å². The summed E-state index contributed by atoms with van der Waals surface area (Å²) < 4.78 is 26.0. The van der Waals surface area contributed by atoms with Crippen molar-refractivity contribution < 1.29 is 23.5 Å². The fourth-order valence-electron chi connectivity index (χ4n) is 6.15. The molecule has 2 heterocycles. The van der Waals surface area contributed by atoms with Crippen LogP contribution in [0, 0.1) is 12.9 Å². The Hall–Kier alpha value is -2.29. The number of aliphatic hydroxyl groups is 1. The lowest BCUT2D eigenvalue weighted by molar-refractivity contribution is -0.115. The number of carbonyl (C=O) groups excluding carboxylic acids is 1. The zero-order chi connectivity index (χ0) is 27.5. The number of hydrogen-bond donors (Lipinski definition) is 1. The van der Waals surface area contributed by atoms with Crippen LogP contribution in [0.5, 0.6) is 11.5 Å². The van der Waals surface area contributed by atoms with Crippen molar-refractivity contribution in [2.45, 2.75) is 89.6 Å². The van der Waals surface area contributed by atoms with Gasteiger partial charge in [-0.1, -0.05) is 53.7 Å². The van der Waals surface area contributed by atoms with Crippen LogP contribution in [0.25, 0.3) is 0 Å². The Kier molecular flexibility index (Phi) is 9.19. The van der Waals surface area contributed by atoms with Gasteiger partial charge in [0.1, 0.15) is 17.6 Å². The van der Waals surface area contributed by atoms with Crippen molar-refractivity contribution in [2.75, 3.05) is 20.2 Å². The standard InChI is InChI=1S/C29H43FN2O4Si/c1-19(2)37(20(3)4,21(5)6)36-25-10-9-23(17-22(25)7)24(18-33)32-15-13-29(34,14-16-32)27-12-11-26(35-8)28(30)31-27/h9-12,17-21,24,34H,13-16H2,1-8H3. The lowest BCUT2D eigenvalue weighted by Crippen LogP contribution is -2.50. The van der Waals surface area contributed by atoms with Gasteiger partial charge in [-0.25, -0.2) is 4.98 Å². The highest BCUT2D eigenvalue weighted by atomic mass is 28.4. The first-order chi connectivity index (χ1) is 17.4. The maximum absolute atomic E-state index is 14.2. The molecule has 1 aliphatic heterocycles. The Morgan fingerprint density at radius 1 is 1.03 bits per heavy atom. The zero-order valence-electron chi connectivity index (χ0n) is 23.5. The molecule has 8 heteroatoms. The Balaban J connectivity index is 1.78. The first kappa shape index (κ1) is 29.3. The number of aromatic nitrogens is 1. The van der Waals surface area contributed by atoms with Crippen molar-refractivity contribution in [3.05, 3.63) is 53.1 Å². The molecule has 1 aromatic heterocycles. The summed E-state index contributed by atoms with van der Waals surface area (Å²) in [6, 6.07) is 8.71. The number of rotatable bonds is 10. The van der Waals surface area contributed by atoms with E-state index in [1.807, 2.05) is 19.1 Å². The van der Waals surface area contributed by atoms with E-state index in [0.29, 0.717) is 48.2 Å². The van der Waals surface area contributed by atoms with Crippen LogP contribution in [-0.4, -0.2) is 49.8 Å². The molecule has 1 aliphatic rings. The predicted octanol–water partition coefficient (Wildman–Crippen LogP) is 6.32. The number of halogens is 1. The average Bonchev–Trinajstić information content (AvgIpc) is 2.84. The first-order valence-corrected chi connectivity index (χ1v) is 15.5. The summed E-state index contributed by atoms with van der Waals surface area (Å²) >= 11 is 0. The largest absolute Gasteiger partial charge is 0.543 e. The second kappa shape index (κ2) is 11.6. The van der Waals surface area contributed by atoms with Crippen molar-refractivity contribution in [1.82, 2.24) is 9.88 Å². The van der Waals surface area contributed by atoms with Crippen molar-refractivity contribution in [3.63, 3.8) is 0 Å². The Bertz CT molecular complexity index is 1060. The van der Waals surface area contributed by atoms with E-state index in [2.05, 4.69) is 57.5 Å². The molecular formula is C29H43FN2O4Si. The van der Waals surface area contributed by atoms with Gasteiger partial charge in [0.15, 0.2) is 5.75 Å². The van der Waals surface area contributed by atoms with Gasteiger partial charge < -0.3 is 19.1 Å². The van der Waals surface area contributed by atoms with Gasteiger partial charge in [0.25, 0.3) is 14.3 Å². The van der Waals surface area contributed by atoms with E-state index >= 15 is 0 Å². The number of hydrogen-bond acceptors (Lipinski definition) is 6. The third kappa shape index (κ3) is 5.76. The smallest absolute Gasteiger partial charge is 0.258 e. The van der Waals surface area contributed by atoms with Gasteiger partial charge in [-0.2, -0.15) is 4.39 Å². The molecule has 0 bridgehead atoms. The van der Waals surface area contributed by atoms with Crippen LogP contribution in [0.2, 0.25) is 16.6 Å². The number of aryl methyl sites for hydroxylation is 1. The molecule has 3 rings (SSSR count). The summed E-state index contributed by atoms with van der Waals surface area (Å²) in [7, 11) is -0.713. The van der Waals surface area contributed by atoms with Gasteiger partial charge in [-0.3, -0.25) is 4.90 Å². The summed E-state index contributed by atoms with van der Waals surface area (Å²) in [5.41, 5.74) is 2.38. The molecule has 0 spiro atoms. The second-order valence-electron chi connectivity index (χ2n) is 11.3. The molecule has 0 amide bonds. The van der Waals surface area contributed by atoms with Crippen LogP contribution in [0.1, 0.15) is 77.2 Å². The molecule has 204 valence electrons. The fraction of sp³-hybridized carbons (Fsp3) is 0.586. The predicted molar refractivity (Wildman–Crippen MR) is 147 cm³/mol. The van der Waals surface area contributed by atoms with E-state index in [1.165, 1.54) is 13.2 Å². The minimum atomic E-state index is -2.09. The van der Waals surface area contributed by atoms with Crippen LogP contribution in [-0.2, 0) is 10.4 Å². The van der Waals surface area contributed by atoms with Crippen LogP contribution in [0.3, 0.4) is 0 Å². The monoisotopic (exact) mass is 530 g/mol. The molecule has 2 aromatic rings. The van der Waals surface area contributed by atoms with Crippen LogP contribution in [0.15, 0.2) is 30.3 Å². The Morgan fingerprint density at radius 3 is 2.05 bits per heavy atom. The molecule has 37 heavy (non-hydrogen) atoms. The van der Waals surface area contributed by atoms with Crippen molar-refractivity contribution in [2.24, 2.45) is 0 Å². The van der Waals surface area contributed by atoms with E-state index in [0.717, 1.165) is 23.2 Å². The molecule has 1 aromatic carbocycles. The van der Waals surface area contributed by atoms with Crippen molar-refractivity contribution in [1.29, 1.82) is 0 Å². The quantitative estimate of drug-likeness (QED) is 0.220. The van der Waals surface area contributed by atoms with Crippen LogP contribution < -0.4 is 9.16 Å². The molecule has 1 saturated heterocycles. The number of nitrogens with zero attached hydrogens (tertiary/aromatic N) is 2. The van der Waals surface area contributed by atoms with E-state index in [-0.39, 0.29) is 5.75 Å². The molecular weight excluding hydrogens is 487 g/mol. The molecule has 0 saturated carbocycles. The number of pyridine rings is 1. The summed E-state index contributed by atoms with van der Waals surface area (Å²) in [5.74, 6) is 0.208. The van der Waals surface area contributed by atoms with E-state index in [9.17, 15) is 14.3 Å². The highest BCUT2D eigenvalue weighted by Crippen LogP contribution is 2.44. The van der Waals surface area contributed by atoms with Crippen LogP contribution >= 0.6 is 0 Å². The number of benzene rings is 1. The number of aldehydes is 1. The summed E-state index contributed by atoms with van der Waals surface area (Å²) in [6.45, 7) is 16.6. The molecule has 0 aliphatic carbocycles. The molecule has 0 radical (unpaired) electrons. The maximum Gasteiger partial charge on any atom is 0.258 e. The topological polar surface area (TPSA) is 71.9 Å². The number of likely N-dealkylation sites (tertiary alicyclic amines) is 1. The van der Waals surface area contributed by atoms with E-state index < -0.39 is 25.9 Å². The summed E-state index contributed by atoms with van der Waals surface area (Å²) in [4.78, 5) is 18.2. The third-order valence-electron chi connectivity index (χ3n) is 8.19. The first-order valence-electron chi connectivity index (χ1n) is 13.3. The normalized spacial score (nSPS) is 17.3. The average molecular weight is 531 g/mol. The van der Waals surface area contributed by atoms with E-state index in [1.54, 1.807) is 6.07 Å². The minimum absolute atomic E-state index is 0.0451. The third-order valence-corrected chi connectivity index (χ3v) is 14.2. The number of ether oxygens (including phenoxy) is 1. The lowest BCUT2D eigenvalue weighted by Gasteiger charge is -2.42. The SMILES string of the molecule is COc1ccc(C2(O)CCN(C(C=O)c3ccc(O[Si](C(C)C)(C(C)C)C(C)C)c(C)c3)CC2)nc1F. The van der Waals surface area contributed by atoms with Gasteiger partial charge in [0, 0.05) is 13.1 Å². The van der Waals surface area contributed by atoms with Crippen molar-refractivity contribution >= 4 is 14.6 Å². The number of piperidine rings is 1.